The van der Waals surface area contributed by atoms with E-state index in [1.54, 1.807) is 31.2 Å². The van der Waals surface area contributed by atoms with Gasteiger partial charge in [-0.15, -0.1) is 11.8 Å². The number of carbonyl (C=O) groups excluding carboxylic acids is 2. The number of aromatic carboxylic acids is 2. The van der Waals surface area contributed by atoms with Gasteiger partial charge < -0.3 is 20.3 Å². The Kier molecular flexibility index (Phi) is 7.16. The van der Waals surface area contributed by atoms with Crippen molar-refractivity contribution in [3.8, 4) is 0 Å². The second-order valence-corrected chi connectivity index (χ2v) is 6.49. The highest BCUT2D eigenvalue weighted by Gasteiger charge is 2.19. The van der Waals surface area contributed by atoms with E-state index in [2.05, 4.69) is 5.32 Å². The zero-order valence-electron chi connectivity index (χ0n) is 14.8. The van der Waals surface area contributed by atoms with E-state index in [0.29, 0.717) is 12.3 Å². The fraction of sp³-hybridized carbons (Fsp3) is 0.158. The standard InChI is InChI=1S/C19H17NO7S/c1-2-27-16(21)10-28-13-6-4-12(5-7-13)20-17(22)14-8-3-11(18(23)24)9-15(14)19(25)26/h3-9H,2,10H2,1H3,(H,20,22)(H,23,24)(H,25,26). The van der Waals surface area contributed by atoms with Gasteiger partial charge in [0, 0.05) is 10.6 Å². The highest BCUT2D eigenvalue weighted by molar-refractivity contribution is 8.00. The molecule has 0 heterocycles. The fourth-order valence-corrected chi connectivity index (χ4v) is 2.93. The van der Waals surface area contributed by atoms with E-state index < -0.39 is 23.4 Å². The van der Waals surface area contributed by atoms with Gasteiger partial charge in [-0.2, -0.15) is 0 Å². The van der Waals surface area contributed by atoms with Gasteiger partial charge in [-0.25, -0.2) is 9.59 Å². The number of carboxylic acid groups (broad SMARTS) is 2. The first kappa shape index (κ1) is 21.0. The van der Waals surface area contributed by atoms with E-state index in [1.807, 2.05) is 0 Å². The third-order valence-electron chi connectivity index (χ3n) is 3.52. The molecule has 0 saturated carbocycles. The van der Waals surface area contributed by atoms with Crippen LogP contribution in [0.2, 0.25) is 0 Å². The monoisotopic (exact) mass is 403 g/mol. The van der Waals surface area contributed by atoms with E-state index in [-0.39, 0.29) is 22.8 Å². The van der Waals surface area contributed by atoms with E-state index >= 15 is 0 Å². The summed E-state index contributed by atoms with van der Waals surface area (Å²) >= 11 is 1.28. The molecule has 0 aliphatic carbocycles. The second-order valence-electron chi connectivity index (χ2n) is 5.44. The number of hydrogen-bond acceptors (Lipinski definition) is 6. The highest BCUT2D eigenvalue weighted by Crippen LogP contribution is 2.21. The van der Waals surface area contributed by atoms with Crippen molar-refractivity contribution in [2.75, 3.05) is 17.7 Å². The Hall–Kier alpha value is -3.33. The van der Waals surface area contributed by atoms with Crippen LogP contribution in [0.25, 0.3) is 0 Å². The minimum Gasteiger partial charge on any atom is -0.478 e. The lowest BCUT2D eigenvalue weighted by atomic mass is 10.0. The van der Waals surface area contributed by atoms with Crippen molar-refractivity contribution in [3.63, 3.8) is 0 Å². The smallest absolute Gasteiger partial charge is 0.336 e. The van der Waals surface area contributed by atoms with Crippen molar-refractivity contribution in [1.29, 1.82) is 0 Å². The van der Waals surface area contributed by atoms with Gasteiger partial charge in [0.05, 0.1) is 29.1 Å². The fourth-order valence-electron chi connectivity index (χ4n) is 2.23. The normalized spacial score (nSPS) is 10.2. The summed E-state index contributed by atoms with van der Waals surface area (Å²) in [5.41, 5.74) is -0.363. The molecule has 0 atom stereocenters. The van der Waals surface area contributed by atoms with Gasteiger partial charge in [-0.1, -0.05) is 0 Å². The van der Waals surface area contributed by atoms with Crippen LogP contribution in [-0.2, 0) is 9.53 Å². The summed E-state index contributed by atoms with van der Waals surface area (Å²) in [7, 11) is 0. The number of thioether (sulfide) groups is 1. The summed E-state index contributed by atoms with van der Waals surface area (Å²) in [6.07, 6.45) is 0. The minimum absolute atomic E-state index is 0.154. The van der Waals surface area contributed by atoms with E-state index in [4.69, 9.17) is 9.84 Å². The summed E-state index contributed by atoms with van der Waals surface area (Å²) < 4.78 is 4.84. The molecule has 0 saturated heterocycles. The highest BCUT2D eigenvalue weighted by atomic mass is 32.2. The van der Waals surface area contributed by atoms with Crippen molar-refractivity contribution < 1.29 is 34.1 Å². The molecule has 9 heteroatoms. The SMILES string of the molecule is CCOC(=O)CSc1ccc(NC(=O)c2ccc(C(=O)O)cc2C(=O)O)cc1. The second kappa shape index (κ2) is 9.56. The number of rotatable bonds is 8. The van der Waals surface area contributed by atoms with Gasteiger partial charge >= 0.3 is 17.9 Å². The zero-order valence-corrected chi connectivity index (χ0v) is 15.6. The van der Waals surface area contributed by atoms with Crippen molar-refractivity contribution in [1.82, 2.24) is 0 Å². The van der Waals surface area contributed by atoms with Crippen LogP contribution in [-0.4, -0.2) is 46.4 Å². The van der Waals surface area contributed by atoms with Crippen LogP contribution in [0, 0.1) is 0 Å². The Bertz CT molecular complexity index is 909. The van der Waals surface area contributed by atoms with Crippen molar-refractivity contribution in [2.45, 2.75) is 11.8 Å². The zero-order chi connectivity index (χ0) is 20.7. The van der Waals surface area contributed by atoms with Crippen LogP contribution in [0.3, 0.4) is 0 Å². The van der Waals surface area contributed by atoms with Gasteiger partial charge in [0.25, 0.3) is 5.91 Å². The topological polar surface area (TPSA) is 130 Å². The van der Waals surface area contributed by atoms with E-state index in [1.165, 1.54) is 17.8 Å². The summed E-state index contributed by atoms with van der Waals surface area (Å²) in [5, 5.41) is 20.8. The first-order valence-corrected chi connectivity index (χ1v) is 9.10. The van der Waals surface area contributed by atoms with Gasteiger partial charge in [0.2, 0.25) is 0 Å². The first-order valence-electron chi connectivity index (χ1n) is 8.12. The molecule has 0 aliphatic heterocycles. The minimum atomic E-state index is -1.40. The Balaban J connectivity index is 2.09. The van der Waals surface area contributed by atoms with Crippen LogP contribution in [0.15, 0.2) is 47.4 Å². The van der Waals surface area contributed by atoms with Crippen LogP contribution in [0.5, 0.6) is 0 Å². The molecule has 2 aromatic rings. The van der Waals surface area contributed by atoms with Gasteiger partial charge in [-0.05, 0) is 49.4 Å². The molecule has 146 valence electrons. The Morgan fingerprint density at radius 2 is 1.64 bits per heavy atom. The predicted molar refractivity (Wildman–Crippen MR) is 102 cm³/mol. The van der Waals surface area contributed by atoms with E-state index in [9.17, 15) is 24.3 Å². The Morgan fingerprint density at radius 1 is 0.964 bits per heavy atom. The number of benzene rings is 2. The summed E-state index contributed by atoms with van der Waals surface area (Å²) in [5.74, 6) is -3.53. The number of ether oxygens (including phenoxy) is 1. The van der Waals surface area contributed by atoms with Crippen LogP contribution in [0.4, 0.5) is 5.69 Å². The molecule has 0 spiro atoms. The van der Waals surface area contributed by atoms with E-state index in [0.717, 1.165) is 17.0 Å². The Labute approximate surface area is 164 Å². The maximum atomic E-state index is 12.4. The molecule has 0 fully saturated rings. The van der Waals surface area contributed by atoms with Gasteiger partial charge in [0.1, 0.15) is 0 Å². The third-order valence-corrected chi connectivity index (χ3v) is 4.50. The van der Waals surface area contributed by atoms with Crippen LogP contribution < -0.4 is 5.32 Å². The molecule has 28 heavy (non-hydrogen) atoms. The molecular formula is C19H17NO7S. The lowest BCUT2D eigenvalue weighted by molar-refractivity contribution is -0.139. The molecule has 3 N–H and O–H groups in total. The van der Waals surface area contributed by atoms with Crippen molar-refractivity contribution in [3.05, 3.63) is 59.2 Å². The van der Waals surface area contributed by atoms with Crippen molar-refractivity contribution >= 4 is 41.3 Å². The Morgan fingerprint density at radius 3 is 2.21 bits per heavy atom. The predicted octanol–water partition coefficient (Wildman–Crippen LogP) is 2.99. The largest absolute Gasteiger partial charge is 0.478 e. The maximum absolute atomic E-state index is 12.4. The lowest BCUT2D eigenvalue weighted by Gasteiger charge is -2.09. The van der Waals surface area contributed by atoms with Gasteiger partial charge in [0.15, 0.2) is 0 Å². The van der Waals surface area contributed by atoms with Crippen LogP contribution >= 0.6 is 11.8 Å². The molecule has 0 radical (unpaired) electrons. The number of amides is 1. The molecule has 2 aromatic carbocycles. The molecule has 8 nitrogen and oxygen atoms in total. The average molecular weight is 403 g/mol. The number of carbonyl (C=O) groups is 4. The molecular weight excluding hydrogens is 386 g/mol. The molecule has 2 rings (SSSR count). The number of esters is 1. The number of nitrogens with one attached hydrogen (secondary N) is 1. The number of hydrogen-bond donors (Lipinski definition) is 3. The number of carboxylic acids is 2. The molecule has 0 aromatic heterocycles. The molecule has 0 aliphatic rings. The average Bonchev–Trinajstić information content (AvgIpc) is 2.67. The maximum Gasteiger partial charge on any atom is 0.336 e. The third kappa shape index (κ3) is 5.58. The lowest BCUT2D eigenvalue weighted by Crippen LogP contribution is -2.17. The van der Waals surface area contributed by atoms with Crippen LogP contribution in [0.1, 0.15) is 38.0 Å². The molecule has 0 bridgehead atoms. The molecule has 0 unspecified atom stereocenters. The first-order chi connectivity index (χ1) is 13.3. The van der Waals surface area contributed by atoms with Gasteiger partial charge in [-0.3, -0.25) is 9.59 Å². The van der Waals surface area contributed by atoms with Crippen molar-refractivity contribution in [2.24, 2.45) is 0 Å². The summed E-state index contributed by atoms with van der Waals surface area (Å²) in [6.45, 7) is 2.04. The quantitative estimate of drug-likeness (QED) is 0.453. The summed E-state index contributed by atoms with van der Waals surface area (Å²) in [4.78, 5) is 46.9. The number of anilines is 1. The molecule has 1 amide bonds. The summed E-state index contributed by atoms with van der Waals surface area (Å²) in [6, 6.07) is 9.88.